The zero-order valence-corrected chi connectivity index (χ0v) is 11.0. The Labute approximate surface area is 112 Å². The molecule has 0 saturated heterocycles. The van der Waals surface area contributed by atoms with Gasteiger partial charge in [-0.1, -0.05) is 6.07 Å². The van der Waals surface area contributed by atoms with Crippen molar-refractivity contribution in [1.29, 1.82) is 0 Å². The van der Waals surface area contributed by atoms with Gasteiger partial charge in [-0.15, -0.1) is 11.6 Å². The summed E-state index contributed by atoms with van der Waals surface area (Å²) in [7, 11) is 0. The average molecular weight is 317 g/mol. The van der Waals surface area contributed by atoms with Crippen molar-refractivity contribution in [2.24, 2.45) is 0 Å². The molecule has 0 fully saturated rings. The van der Waals surface area contributed by atoms with Crippen LogP contribution in [-0.4, -0.2) is 4.98 Å². The molecule has 5 heteroatoms. The van der Waals surface area contributed by atoms with E-state index in [-0.39, 0.29) is 5.82 Å². The summed E-state index contributed by atoms with van der Waals surface area (Å²) in [5.74, 6) is 1.03. The number of nitrogens with zero attached hydrogens (tertiary/aromatic N) is 1. The van der Waals surface area contributed by atoms with E-state index >= 15 is 0 Å². The Bertz CT molecular complexity index is 518. The number of rotatable bonds is 3. The van der Waals surface area contributed by atoms with Gasteiger partial charge in [-0.2, -0.15) is 0 Å². The summed E-state index contributed by atoms with van der Waals surface area (Å²) in [5.41, 5.74) is 0.914. The first-order valence-electron chi connectivity index (χ1n) is 4.83. The fourth-order valence-corrected chi connectivity index (χ4v) is 1.81. The lowest BCUT2D eigenvalue weighted by Gasteiger charge is -2.06. The number of aromatic nitrogens is 1. The van der Waals surface area contributed by atoms with Gasteiger partial charge in [0, 0.05) is 18.1 Å². The third-order valence-electron chi connectivity index (χ3n) is 2.06. The van der Waals surface area contributed by atoms with Crippen molar-refractivity contribution >= 4 is 27.5 Å². The van der Waals surface area contributed by atoms with Crippen LogP contribution in [0.15, 0.2) is 41.0 Å². The van der Waals surface area contributed by atoms with Crippen LogP contribution in [-0.2, 0) is 5.88 Å². The molecule has 2 rings (SSSR count). The summed E-state index contributed by atoms with van der Waals surface area (Å²) < 4.78 is 18.9. The number of ether oxygens (including phenoxy) is 1. The van der Waals surface area contributed by atoms with Crippen LogP contribution in [0.4, 0.5) is 4.39 Å². The smallest absolute Gasteiger partial charge is 0.219 e. The Kier molecular flexibility index (Phi) is 3.97. The molecule has 0 atom stereocenters. The molecule has 0 aliphatic heterocycles. The first-order chi connectivity index (χ1) is 8.19. The second-order valence-corrected chi connectivity index (χ2v) is 4.44. The summed E-state index contributed by atoms with van der Waals surface area (Å²) in [5, 5.41) is 0. The second kappa shape index (κ2) is 5.47. The van der Waals surface area contributed by atoms with Crippen LogP contribution < -0.4 is 4.74 Å². The van der Waals surface area contributed by atoms with Gasteiger partial charge in [0.25, 0.3) is 0 Å². The molecule has 0 saturated carbocycles. The van der Waals surface area contributed by atoms with E-state index < -0.39 is 0 Å². The van der Waals surface area contributed by atoms with Crippen LogP contribution in [0.2, 0.25) is 0 Å². The van der Waals surface area contributed by atoms with E-state index in [0.29, 0.717) is 22.0 Å². The number of benzene rings is 1. The van der Waals surface area contributed by atoms with Crippen molar-refractivity contribution in [3.05, 3.63) is 52.4 Å². The van der Waals surface area contributed by atoms with Gasteiger partial charge in [0.15, 0.2) is 0 Å². The SMILES string of the molecule is Fc1ccc(Oc2ccc(CCl)cn2)c(Br)c1. The second-order valence-electron chi connectivity index (χ2n) is 3.32. The number of alkyl halides is 1. The Morgan fingerprint density at radius 1 is 1.29 bits per heavy atom. The van der Waals surface area contributed by atoms with E-state index in [1.54, 1.807) is 12.3 Å². The third-order valence-corrected chi connectivity index (χ3v) is 2.99. The molecule has 0 unspecified atom stereocenters. The largest absolute Gasteiger partial charge is 0.438 e. The maximum atomic E-state index is 12.9. The Balaban J connectivity index is 2.19. The first-order valence-corrected chi connectivity index (χ1v) is 6.15. The fraction of sp³-hybridized carbons (Fsp3) is 0.0833. The van der Waals surface area contributed by atoms with Crippen LogP contribution in [0.25, 0.3) is 0 Å². The predicted octanol–water partition coefficient (Wildman–Crippen LogP) is 4.51. The van der Waals surface area contributed by atoms with Gasteiger partial charge in [-0.05, 0) is 39.7 Å². The topological polar surface area (TPSA) is 22.1 Å². The number of pyridine rings is 1. The fourth-order valence-electron chi connectivity index (χ4n) is 1.22. The maximum Gasteiger partial charge on any atom is 0.219 e. The molecule has 0 N–H and O–H groups in total. The summed E-state index contributed by atoms with van der Waals surface area (Å²) in [6.07, 6.45) is 1.64. The van der Waals surface area contributed by atoms with Gasteiger partial charge in [0.1, 0.15) is 11.6 Å². The van der Waals surface area contributed by atoms with E-state index in [2.05, 4.69) is 20.9 Å². The molecule has 0 aliphatic rings. The number of halogens is 3. The van der Waals surface area contributed by atoms with Crippen molar-refractivity contribution in [2.45, 2.75) is 5.88 Å². The van der Waals surface area contributed by atoms with Gasteiger partial charge < -0.3 is 4.74 Å². The highest BCUT2D eigenvalue weighted by molar-refractivity contribution is 9.10. The van der Waals surface area contributed by atoms with E-state index in [1.807, 2.05) is 6.07 Å². The molecule has 1 heterocycles. The highest BCUT2D eigenvalue weighted by Gasteiger charge is 2.04. The van der Waals surface area contributed by atoms with Gasteiger partial charge in [0.2, 0.25) is 5.88 Å². The van der Waals surface area contributed by atoms with Crippen molar-refractivity contribution < 1.29 is 9.13 Å². The zero-order chi connectivity index (χ0) is 12.3. The molecule has 88 valence electrons. The molecule has 17 heavy (non-hydrogen) atoms. The minimum Gasteiger partial charge on any atom is -0.438 e. The minimum absolute atomic E-state index is 0.324. The lowest BCUT2D eigenvalue weighted by atomic mass is 10.3. The Hall–Kier alpha value is -1.13. The number of hydrogen-bond donors (Lipinski definition) is 0. The predicted molar refractivity (Wildman–Crippen MR) is 68.0 cm³/mol. The van der Waals surface area contributed by atoms with E-state index in [0.717, 1.165) is 5.56 Å². The molecule has 0 amide bonds. The average Bonchev–Trinajstić information content (AvgIpc) is 2.34. The van der Waals surface area contributed by atoms with Crippen molar-refractivity contribution in [3.63, 3.8) is 0 Å². The molecular formula is C12H8BrClFNO. The van der Waals surface area contributed by atoms with Crippen LogP contribution >= 0.6 is 27.5 Å². The summed E-state index contributed by atoms with van der Waals surface area (Å²) >= 11 is 8.87. The summed E-state index contributed by atoms with van der Waals surface area (Å²) in [6.45, 7) is 0. The quantitative estimate of drug-likeness (QED) is 0.777. The van der Waals surface area contributed by atoms with E-state index in [1.165, 1.54) is 18.2 Å². The van der Waals surface area contributed by atoms with Crippen LogP contribution in [0.3, 0.4) is 0 Å². The molecule has 2 nitrogen and oxygen atoms in total. The van der Waals surface area contributed by atoms with Crippen molar-refractivity contribution in [2.75, 3.05) is 0 Å². The summed E-state index contributed by atoms with van der Waals surface area (Å²) in [6, 6.07) is 7.74. The monoisotopic (exact) mass is 315 g/mol. The Morgan fingerprint density at radius 2 is 2.12 bits per heavy atom. The molecule has 1 aromatic carbocycles. The van der Waals surface area contributed by atoms with Crippen molar-refractivity contribution in [3.8, 4) is 11.6 Å². The van der Waals surface area contributed by atoms with E-state index in [9.17, 15) is 4.39 Å². The van der Waals surface area contributed by atoms with Crippen LogP contribution in [0.1, 0.15) is 5.56 Å². The van der Waals surface area contributed by atoms with Crippen molar-refractivity contribution in [1.82, 2.24) is 4.98 Å². The van der Waals surface area contributed by atoms with Crippen LogP contribution in [0.5, 0.6) is 11.6 Å². The molecule has 0 radical (unpaired) electrons. The number of hydrogen-bond acceptors (Lipinski definition) is 2. The minimum atomic E-state index is -0.324. The highest BCUT2D eigenvalue weighted by Crippen LogP contribution is 2.29. The molecule has 1 aromatic heterocycles. The highest BCUT2D eigenvalue weighted by atomic mass is 79.9. The third kappa shape index (κ3) is 3.17. The molecule has 0 spiro atoms. The van der Waals surface area contributed by atoms with Crippen LogP contribution in [0, 0.1) is 5.82 Å². The van der Waals surface area contributed by atoms with Gasteiger partial charge >= 0.3 is 0 Å². The zero-order valence-electron chi connectivity index (χ0n) is 8.66. The van der Waals surface area contributed by atoms with Gasteiger partial charge in [-0.25, -0.2) is 9.37 Å². The lowest BCUT2D eigenvalue weighted by molar-refractivity contribution is 0.458. The van der Waals surface area contributed by atoms with E-state index in [4.69, 9.17) is 16.3 Å². The Morgan fingerprint density at radius 3 is 2.71 bits per heavy atom. The molecule has 2 aromatic rings. The summed E-state index contributed by atoms with van der Waals surface area (Å²) in [4.78, 5) is 4.09. The normalized spacial score (nSPS) is 10.3. The van der Waals surface area contributed by atoms with Gasteiger partial charge in [-0.3, -0.25) is 0 Å². The maximum absolute atomic E-state index is 12.9. The molecule has 0 bridgehead atoms. The lowest BCUT2D eigenvalue weighted by Crippen LogP contribution is -1.90. The first kappa shape index (κ1) is 12.3. The standard InChI is InChI=1S/C12H8BrClFNO/c13-10-5-9(15)2-3-11(10)17-12-4-1-8(6-14)7-16-12/h1-5,7H,6H2. The molecular weight excluding hydrogens is 308 g/mol. The molecule has 0 aliphatic carbocycles. The van der Waals surface area contributed by atoms with Gasteiger partial charge in [0.05, 0.1) is 4.47 Å².